The minimum atomic E-state index is -4.73. The number of benzene rings is 1. The number of hydrogen-bond donors (Lipinski definition) is 0. The Bertz CT molecular complexity index is 372. The molecular weight excluding hydrogens is 221 g/mol. The molecule has 0 aliphatic carbocycles. The predicted molar refractivity (Wildman–Crippen MR) is 54.4 cm³/mol. The largest absolute Gasteiger partial charge is 0.573 e. The highest BCUT2D eigenvalue weighted by molar-refractivity contribution is 5.54. The lowest BCUT2D eigenvalue weighted by atomic mass is 10.2. The molecule has 0 amide bonds. The Morgan fingerprint density at radius 1 is 1.31 bits per heavy atom. The Hall–Kier alpha value is -1.65. The number of hydrogen-bond acceptors (Lipinski definition) is 2. The van der Waals surface area contributed by atoms with Gasteiger partial charge in [0.25, 0.3) is 0 Å². The van der Waals surface area contributed by atoms with Crippen molar-refractivity contribution in [2.75, 3.05) is 6.61 Å². The van der Waals surface area contributed by atoms with Crippen LogP contribution in [0.25, 0.3) is 6.08 Å². The summed E-state index contributed by atoms with van der Waals surface area (Å²) in [5, 5.41) is 0. The van der Waals surface area contributed by atoms with Crippen molar-refractivity contribution in [1.82, 2.24) is 0 Å². The van der Waals surface area contributed by atoms with Gasteiger partial charge in [0.05, 0.1) is 6.61 Å². The smallest absolute Gasteiger partial charge is 0.490 e. The molecule has 0 aliphatic rings. The van der Waals surface area contributed by atoms with E-state index in [1.54, 1.807) is 13.0 Å². The van der Waals surface area contributed by atoms with E-state index >= 15 is 0 Å². The third-order valence-electron chi connectivity index (χ3n) is 1.73. The van der Waals surface area contributed by atoms with Crippen LogP contribution in [-0.2, 0) is 0 Å². The van der Waals surface area contributed by atoms with Crippen LogP contribution in [0.15, 0.2) is 24.8 Å². The van der Waals surface area contributed by atoms with Gasteiger partial charge in [-0.25, -0.2) is 0 Å². The molecule has 0 aliphatic heterocycles. The fraction of sp³-hybridized carbons (Fsp3) is 0.273. The molecule has 0 saturated carbocycles. The molecule has 0 radical (unpaired) electrons. The molecule has 0 saturated heterocycles. The summed E-state index contributed by atoms with van der Waals surface area (Å²) in [4.78, 5) is 0. The van der Waals surface area contributed by atoms with Gasteiger partial charge in [0.1, 0.15) is 0 Å². The molecule has 88 valence electrons. The lowest BCUT2D eigenvalue weighted by molar-refractivity contribution is -0.275. The second kappa shape index (κ2) is 4.92. The van der Waals surface area contributed by atoms with E-state index in [2.05, 4.69) is 11.3 Å². The predicted octanol–water partition coefficient (Wildman–Crippen LogP) is 3.63. The highest BCUT2D eigenvalue weighted by Gasteiger charge is 2.32. The molecule has 0 heterocycles. The van der Waals surface area contributed by atoms with Gasteiger partial charge in [0.2, 0.25) is 0 Å². The van der Waals surface area contributed by atoms with Crippen LogP contribution in [0.3, 0.4) is 0 Å². The van der Waals surface area contributed by atoms with Crippen LogP contribution in [0.2, 0.25) is 0 Å². The topological polar surface area (TPSA) is 18.5 Å². The second-order valence-electron chi connectivity index (χ2n) is 2.89. The second-order valence-corrected chi connectivity index (χ2v) is 2.89. The van der Waals surface area contributed by atoms with Crippen LogP contribution in [0, 0.1) is 0 Å². The van der Waals surface area contributed by atoms with E-state index in [1.165, 1.54) is 18.2 Å². The van der Waals surface area contributed by atoms with Gasteiger partial charge in [-0.2, -0.15) is 0 Å². The molecular formula is C11H11F3O2. The van der Waals surface area contributed by atoms with Crippen LogP contribution in [-0.4, -0.2) is 13.0 Å². The van der Waals surface area contributed by atoms with Crippen molar-refractivity contribution in [3.05, 3.63) is 30.3 Å². The third kappa shape index (κ3) is 3.49. The van der Waals surface area contributed by atoms with Gasteiger partial charge >= 0.3 is 6.36 Å². The van der Waals surface area contributed by atoms with Crippen molar-refractivity contribution in [3.63, 3.8) is 0 Å². The van der Waals surface area contributed by atoms with Crippen molar-refractivity contribution in [1.29, 1.82) is 0 Å². The van der Waals surface area contributed by atoms with Crippen LogP contribution in [0.1, 0.15) is 12.5 Å². The maximum absolute atomic E-state index is 12.1. The zero-order valence-corrected chi connectivity index (χ0v) is 8.67. The average molecular weight is 232 g/mol. The molecule has 0 atom stereocenters. The SMILES string of the molecule is C=Cc1ccc(OCC)c(OC(F)(F)F)c1. The van der Waals surface area contributed by atoms with Gasteiger partial charge in [0, 0.05) is 0 Å². The van der Waals surface area contributed by atoms with Gasteiger partial charge in [-0.05, 0) is 24.6 Å². The summed E-state index contributed by atoms with van der Waals surface area (Å²) >= 11 is 0. The highest BCUT2D eigenvalue weighted by Crippen LogP contribution is 2.33. The fourth-order valence-corrected chi connectivity index (χ4v) is 1.13. The summed E-state index contributed by atoms with van der Waals surface area (Å²) in [5.74, 6) is -0.294. The Morgan fingerprint density at radius 2 is 2.00 bits per heavy atom. The summed E-state index contributed by atoms with van der Waals surface area (Å²) < 4.78 is 45.2. The summed E-state index contributed by atoms with van der Waals surface area (Å²) in [6, 6.07) is 4.24. The van der Waals surface area contributed by atoms with Crippen LogP contribution in [0.4, 0.5) is 13.2 Å². The summed E-state index contributed by atoms with van der Waals surface area (Å²) in [6.07, 6.45) is -3.30. The Kier molecular flexibility index (Phi) is 3.82. The molecule has 2 nitrogen and oxygen atoms in total. The van der Waals surface area contributed by atoms with Gasteiger partial charge < -0.3 is 9.47 Å². The average Bonchev–Trinajstić information content (AvgIpc) is 2.18. The summed E-state index contributed by atoms with van der Waals surface area (Å²) in [5.41, 5.74) is 0.530. The van der Waals surface area contributed by atoms with Crippen molar-refractivity contribution < 1.29 is 22.6 Å². The van der Waals surface area contributed by atoms with Crippen LogP contribution >= 0.6 is 0 Å². The van der Waals surface area contributed by atoms with Gasteiger partial charge in [-0.15, -0.1) is 13.2 Å². The van der Waals surface area contributed by atoms with Crippen LogP contribution < -0.4 is 9.47 Å². The van der Waals surface area contributed by atoms with Gasteiger partial charge in [0.15, 0.2) is 11.5 Å². The van der Waals surface area contributed by atoms with E-state index in [1.807, 2.05) is 0 Å². The van der Waals surface area contributed by atoms with Crippen LogP contribution in [0.5, 0.6) is 11.5 Å². The van der Waals surface area contributed by atoms with E-state index < -0.39 is 6.36 Å². The quantitative estimate of drug-likeness (QED) is 0.789. The minimum absolute atomic E-state index is 0.0606. The first-order chi connectivity index (χ1) is 7.46. The normalized spacial score (nSPS) is 11.0. The molecule has 0 unspecified atom stereocenters. The summed E-state index contributed by atoms with van der Waals surface area (Å²) in [7, 11) is 0. The minimum Gasteiger partial charge on any atom is -0.490 e. The molecule has 0 fully saturated rings. The lowest BCUT2D eigenvalue weighted by Crippen LogP contribution is -2.17. The molecule has 16 heavy (non-hydrogen) atoms. The molecule has 5 heteroatoms. The summed E-state index contributed by atoms with van der Waals surface area (Å²) in [6.45, 7) is 5.41. The number of alkyl halides is 3. The standard InChI is InChI=1S/C11H11F3O2/c1-3-8-5-6-9(15-4-2)10(7-8)16-11(12,13)14/h3,5-7H,1,4H2,2H3. The Balaban J connectivity index is 3.04. The molecule has 0 bridgehead atoms. The van der Waals surface area contributed by atoms with Crippen molar-refractivity contribution >= 4 is 6.08 Å². The zero-order chi connectivity index (χ0) is 12.2. The highest BCUT2D eigenvalue weighted by atomic mass is 19.4. The first-order valence-corrected chi connectivity index (χ1v) is 4.61. The number of ether oxygens (including phenoxy) is 2. The lowest BCUT2D eigenvalue weighted by Gasteiger charge is -2.13. The molecule has 0 spiro atoms. The van der Waals surface area contributed by atoms with Crippen molar-refractivity contribution in [2.45, 2.75) is 13.3 Å². The first-order valence-electron chi connectivity index (χ1n) is 4.61. The number of halogens is 3. The number of rotatable bonds is 4. The zero-order valence-electron chi connectivity index (χ0n) is 8.67. The van der Waals surface area contributed by atoms with E-state index in [4.69, 9.17) is 4.74 Å². The van der Waals surface area contributed by atoms with Gasteiger partial charge in [-0.3, -0.25) is 0 Å². The Morgan fingerprint density at radius 3 is 2.50 bits per heavy atom. The molecule has 1 aromatic rings. The van der Waals surface area contributed by atoms with Crippen molar-refractivity contribution in [2.24, 2.45) is 0 Å². The molecule has 0 N–H and O–H groups in total. The Labute approximate surface area is 91.3 Å². The molecule has 1 rings (SSSR count). The van der Waals surface area contributed by atoms with E-state index in [9.17, 15) is 13.2 Å². The molecule has 0 aromatic heterocycles. The van der Waals surface area contributed by atoms with E-state index in [-0.39, 0.29) is 18.1 Å². The first kappa shape index (κ1) is 12.4. The van der Waals surface area contributed by atoms with E-state index in [0.717, 1.165) is 0 Å². The monoisotopic (exact) mass is 232 g/mol. The maximum atomic E-state index is 12.1. The third-order valence-corrected chi connectivity index (χ3v) is 1.73. The van der Waals surface area contributed by atoms with Crippen molar-refractivity contribution in [3.8, 4) is 11.5 Å². The van der Waals surface area contributed by atoms with E-state index in [0.29, 0.717) is 5.56 Å². The van der Waals surface area contributed by atoms with Gasteiger partial charge in [-0.1, -0.05) is 18.7 Å². The molecule has 1 aromatic carbocycles. The maximum Gasteiger partial charge on any atom is 0.573 e. The fourth-order valence-electron chi connectivity index (χ4n) is 1.13.